The quantitative estimate of drug-likeness (QED) is 0.438. The van der Waals surface area contributed by atoms with Crippen molar-refractivity contribution in [2.75, 3.05) is 6.61 Å². The Bertz CT molecular complexity index is 429. The van der Waals surface area contributed by atoms with E-state index in [1.54, 1.807) is 6.92 Å². The van der Waals surface area contributed by atoms with Crippen LogP contribution >= 0.6 is 58.0 Å². The van der Waals surface area contributed by atoms with Crippen molar-refractivity contribution in [2.45, 2.75) is 13.3 Å². The lowest BCUT2D eigenvalue weighted by Gasteiger charge is -2.11. The Labute approximate surface area is 124 Å². The Kier molecular flexibility index (Phi) is 5.68. The molecule has 0 aromatic heterocycles. The van der Waals surface area contributed by atoms with E-state index in [2.05, 4.69) is 0 Å². The van der Waals surface area contributed by atoms with Gasteiger partial charge in [0.25, 0.3) is 0 Å². The predicted octanol–water partition coefficient (Wildman–Crippen LogP) is 5.06. The standard InChI is InChI=1S/C10H7Cl5O2/c1-2-17-5(16)3-4-6(11)8(13)10(15)9(14)7(4)12/h2-3H2,1H3. The van der Waals surface area contributed by atoms with E-state index in [9.17, 15) is 4.79 Å². The minimum Gasteiger partial charge on any atom is -0.466 e. The number of carbonyl (C=O) groups excluding carboxylic acids is 1. The highest BCUT2D eigenvalue weighted by molar-refractivity contribution is 6.55. The number of hydrogen-bond donors (Lipinski definition) is 0. The van der Waals surface area contributed by atoms with Crippen molar-refractivity contribution in [1.82, 2.24) is 0 Å². The van der Waals surface area contributed by atoms with Crippen LogP contribution in [0.3, 0.4) is 0 Å². The number of ether oxygens (including phenoxy) is 1. The second-order valence-corrected chi connectivity index (χ2v) is 4.92. The van der Waals surface area contributed by atoms with Crippen LogP contribution in [0.5, 0.6) is 0 Å². The Hall–Kier alpha value is 0.140. The number of halogens is 5. The van der Waals surface area contributed by atoms with E-state index in [1.165, 1.54) is 0 Å². The normalized spacial score (nSPS) is 10.5. The number of hydrogen-bond acceptors (Lipinski definition) is 2. The van der Waals surface area contributed by atoms with E-state index < -0.39 is 5.97 Å². The predicted molar refractivity (Wildman–Crippen MR) is 71.8 cm³/mol. The first kappa shape index (κ1) is 15.2. The first-order valence-corrected chi connectivity index (χ1v) is 6.45. The molecular formula is C10H7Cl5O2. The van der Waals surface area contributed by atoms with Crippen molar-refractivity contribution in [2.24, 2.45) is 0 Å². The van der Waals surface area contributed by atoms with Crippen molar-refractivity contribution in [3.8, 4) is 0 Å². The molecule has 0 radical (unpaired) electrons. The van der Waals surface area contributed by atoms with Crippen LogP contribution in [0.15, 0.2) is 0 Å². The molecule has 0 aliphatic carbocycles. The summed E-state index contributed by atoms with van der Waals surface area (Å²) in [7, 11) is 0. The molecule has 1 aromatic carbocycles. The van der Waals surface area contributed by atoms with Gasteiger partial charge < -0.3 is 4.74 Å². The van der Waals surface area contributed by atoms with Gasteiger partial charge in [-0.25, -0.2) is 0 Å². The molecule has 0 aliphatic rings. The fraction of sp³-hybridized carbons (Fsp3) is 0.300. The molecule has 0 unspecified atom stereocenters. The third-order valence-electron chi connectivity index (χ3n) is 1.93. The second kappa shape index (κ2) is 6.35. The molecular weight excluding hydrogens is 329 g/mol. The molecule has 0 saturated carbocycles. The maximum absolute atomic E-state index is 11.4. The summed E-state index contributed by atoms with van der Waals surface area (Å²) in [6.07, 6.45) is -0.109. The van der Waals surface area contributed by atoms with Gasteiger partial charge in [0.05, 0.1) is 38.1 Å². The van der Waals surface area contributed by atoms with E-state index in [-0.39, 0.29) is 38.1 Å². The summed E-state index contributed by atoms with van der Waals surface area (Å²) in [5.74, 6) is -0.467. The topological polar surface area (TPSA) is 26.3 Å². The molecule has 17 heavy (non-hydrogen) atoms. The molecule has 0 heterocycles. The Morgan fingerprint density at radius 3 is 1.76 bits per heavy atom. The van der Waals surface area contributed by atoms with Crippen molar-refractivity contribution in [3.63, 3.8) is 0 Å². The summed E-state index contributed by atoms with van der Waals surface area (Å²) < 4.78 is 4.79. The third kappa shape index (κ3) is 3.33. The average molecular weight is 336 g/mol. The molecule has 1 rings (SSSR count). The monoisotopic (exact) mass is 334 g/mol. The summed E-state index contributed by atoms with van der Waals surface area (Å²) >= 11 is 29.4. The summed E-state index contributed by atoms with van der Waals surface area (Å²) in [6.45, 7) is 1.96. The molecule has 0 aliphatic heterocycles. The van der Waals surface area contributed by atoms with Gasteiger partial charge in [-0.2, -0.15) is 0 Å². The highest BCUT2D eigenvalue weighted by Gasteiger charge is 2.21. The van der Waals surface area contributed by atoms with E-state index in [1.807, 2.05) is 0 Å². The van der Waals surface area contributed by atoms with Gasteiger partial charge in [-0.3, -0.25) is 4.79 Å². The van der Waals surface area contributed by atoms with Gasteiger partial charge in [0.15, 0.2) is 0 Å². The SMILES string of the molecule is CCOC(=O)Cc1c(Cl)c(Cl)c(Cl)c(Cl)c1Cl. The van der Waals surface area contributed by atoms with Gasteiger partial charge in [0.2, 0.25) is 0 Å². The van der Waals surface area contributed by atoms with Gasteiger partial charge in [0.1, 0.15) is 0 Å². The van der Waals surface area contributed by atoms with Crippen LogP contribution in [0.4, 0.5) is 0 Å². The van der Waals surface area contributed by atoms with Crippen LogP contribution < -0.4 is 0 Å². The Morgan fingerprint density at radius 1 is 0.941 bits per heavy atom. The van der Waals surface area contributed by atoms with Gasteiger partial charge in [-0.1, -0.05) is 58.0 Å². The minimum absolute atomic E-state index is 0.0657. The fourth-order valence-corrected chi connectivity index (χ4v) is 2.47. The summed E-state index contributed by atoms with van der Waals surface area (Å²) in [6, 6.07) is 0. The molecule has 94 valence electrons. The highest BCUT2D eigenvalue weighted by Crippen LogP contribution is 2.44. The van der Waals surface area contributed by atoms with Gasteiger partial charge in [-0.15, -0.1) is 0 Å². The molecule has 0 N–H and O–H groups in total. The zero-order valence-corrected chi connectivity index (χ0v) is 12.4. The largest absolute Gasteiger partial charge is 0.466 e. The van der Waals surface area contributed by atoms with Crippen molar-refractivity contribution >= 4 is 64.0 Å². The maximum atomic E-state index is 11.4. The van der Waals surface area contributed by atoms with Crippen LogP contribution in [0, 0.1) is 0 Å². The van der Waals surface area contributed by atoms with Crippen molar-refractivity contribution in [3.05, 3.63) is 30.7 Å². The van der Waals surface area contributed by atoms with Crippen LogP contribution in [0.1, 0.15) is 12.5 Å². The lowest BCUT2D eigenvalue weighted by atomic mass is 10.1. The highest BCUT2D eigenvalue weighted by atomic mass is 35.5. The first-order valence-electron chi connectivity index (χ1n) is 4.56. The maximum Gasteiger partial charge on any atom is 0.310 e. The fourth-order valence-electron chi connectivity index (χ4n) is 1.16. The number of rotatable bonds is 3. The molecule has 2 nitrogen and oxygen atoms in total. The van der Waals surface area contributed by atoms with Crippen LogP contribution in [-0.4, -0.2) is 12.6 Å². The third-order valence-corrected chi connectivity index (χ3v) is 4.28. The van der Waals surface area contributed by atoms with E-state index in [4.69, 9.17) is 62.7 Å². The summed E-state index contributed by atoms with van der Waals surface area (Å²) in [5, 5.41) is 0.429. The van der Waals surface area contributed by atoms with Gasteiger partial charge in [-0.05, 0) is 6.92 Å². The van der Waals surface area contributed by atoms with Crippen molar-refractivity contribution in [1.29, 1.82) is 0 Å². The van der Waals surface area contributed by atoms with Crippen LogP contribution in [0.25, 0.3) is 0 Å². The molecule has 0 saturated heterocycles. The molecule has 0 fully saturated rings. The number of esters is 1. The molecule has 0 amide bonds. The van der Waals surface area contributed by atoms with Gasteiger partial charge >= 0.3 is 5.97 Å². The number of benzene rings is 1. The second-order valence-electron chi connectivity index (χ2n) is 3.03. The van der Waals surface area contributed by atoms with E-state index in [0.29, 0.717) is 5.56 Å². The molecule has 7 heteroatoms. The van der Waals surface area contributed by atoms with E-state index >= 15 is 0 Å². The Balaban J connectivity index is 3.20. The lowest BCUT2D eigenvalue weighted by molar-refractivity contribution is -0.142. The minimum atomic E-state index is -0.467. The average Bonchev–Trinajstić information content (AvgIpc) is 2.30. The zero-order chi connectivity index (χ0) is 13.2. The van der Waals surface area contributed by atoms with Crippen LogP contribution in [-0.2, 0) is 16.0 Å². The molecule has 0 atom stereocenters. The zero-order valence-electron chi connectivity index (χ0n) is 8.62. The lowest BCUT2D eigenvalue weighted by Crippen LogP contribution is -2.08. The van der Waals surface area contributed by atoms with Crippen LogP contribution in [0.2, 0.25) is 25.1 Å². The summed E-state index contributed by atoms with van der Waals surface area (Å²) in [5.41, 5.74) is 0.311. The van der Waals surface area contributed by atoms with E-state index in [0.717, 1.165) is 0 Å². The smallest absolute Gasteiger partial charge is 0.310 e. The molecule has 1 aromatic rings. The van der Waals surface area contributed by atoms with Crippen molar-refractivity contribution < 1.29 is 9.53 Å². The first-order chi connectivity index (χ1) is 7.90. The summed E-state index contributed by atoms with van der Waals surface area (Å²) in [4.78, 5) is 11.4. The molecule has 0 spiro atoms. The Morgan fingerprint density at radius 2 is 1.35 bits per heavy atom. The molecule has 0 bridgehead atoms. The van der Waals surface area contributed by atoms with Gasteiger partial charge in [0, 0.05) is 5.56 Å². The number of carbonyl (C=O) groups is 1.